The van der Waals surface area contributed by atoms with E-state index in [1.165, 1.54) is 11.1 Å². The largest absolute Gasteiger partial charge is 0.381 e. The maximum absolute atomic E-state index is 12.6. The first-order valence-electron chi connectivity index (χ1n) is 9.24. The summed E-state index contributed by atoms with van der Waals surface area (Å²) in [6.07, 6.45) is 1.05. The molecule has 3 aromatic carbocycles. The molecular formula is C23H24ClN3O. The Hall–Kier alpha value is -2.82. The zero-order valence-electron chi connectivity index (χ0n) is 15.5. The Morgan fingerprint density at radius 3 is 2.32 bits per heavy atom. The van der Waals surface area contributed by atoms with Crippen LogP contribution >= 0.6 is 12.4 Å². The summed E-state index contributed by atoms with van der Waals surface area (Å²) in [6, 6.07) is 26.0. The molecule has 144 valence electrons. The van der Waals surface area contributed by atoms with Crippen molar-refractivity contribution in [3.05, 3.63) is 95.6 Å². The summed E-state index contributed by atoms with van der Waals surface area (Å²) < 4.78 is 0. The molecule has 4 nitrogen and oxygen atoms in total. The predicted molar refractivity (Wildman–Crippen MR) is 117 cm³/mol. The fraction of sp³-hybridized carbons (Fsp3) is 0.174. The molecule has 4 rings (SSSR count). The Bertz CT molecular complexity index is 928. The lowest BCUT2D eigenvalue weighted by molar-refractivity contribution is 0.102. The van der Waals surface area contributed by atoms with Crippen LogP contribution < -0.4 is 16.4 Å². The summed E-state index contributed by atoms with van der Waals surface area (Å²) in [6.45, 7) is 0.719. The van der Waals surface area contributed by atoms with Crippen molar-refractivity contribution in [3.63, 3.8) is 0 Å². The van der Waals surface area contributed by atoms with Crippen molar-refractivity contribution in [2.45, 2.75) is 24.9 Å². The lowest BCUT2D eigenvalue weighted by atomic mass is 10.1. The molecule has 0 aromatic heterocycles. The van der Waals surface area contributed by atoms with Gasteiger partial charge >= 0.3 is 0 Å². The van der Waals surface area contributed by atoms with Gasteiger partial charge in [0.05, 0.1) is 0 Å². The highest BCUT2D eigenvalue weighted by Gasteiger charge is 2.34. The van der Waals surface area contributed by atoms with E-state index in [9.17, 15) is 4.79 Å². The van der Waals surface area contributed by atoms with E-state index in [0.29, 0.717) is 11.5 Å². The molecule has 0 spiro atoms. The average Bonchev–Trinajstić information content (AvgIpc) is 3.44. The monoisotopic (exact) mass is 393 g/mol. The Balaban J connectivity index is 0.00000225. The number of carbonyl (C=O) groups is 1. The third kappa shape index (κ3) is 4.91. The Kier molecular flexibility index (Phi) is 6.34. The SMILES string of the molecule is Cl.NC1CC1c1ccc(NC(=O)c2cccc(NCc3ccccc3)c2)cc1. The molecule has 0 radical (unpaired) electrons. The number of rotatable bonds is 6. The van der Waals surface area contributed by atoms with Crippen LogP contribution in [-0.4, -0.2) is 11.9 Å². The Labute approximate surface area is 171 Å². The van der Waals surface area contributed by atoms with Gasteiger partial charge in [0, 0.05) is 35.4 Å². The van der Waals surface area contributed by atoms with E-state index >= 15 is 0 Å². The van der Waals surface area contributed by atoms with E-state index in [1.54, 1.807) is 0 Å². The molecule has 2 atom stereocenters. The van der Waals surface area contributed by atoms with Crippen molar-refractivity contribution < 1.29 is 4.79 Å². The maximum Gasteiger partial charge on any atom is 0.255 e. The van der Waals surface area contributed by atoms with E-state index in [4.69, 9.17) is 5.73 Å². The van der Waals surface area contributed by atoms with Crippen LogP contribution in [0.1, 0.15) is 33.8 Å². The van der Waals surface area contributed by atoms with E-state index in [2.05, 4.69) is 22.8 Å². The number of nitrogens with one attached hydrogen (secondary N) is 2. The number of benzene rings is 3. The van der Waals surface area contributed by atoms with Gasteiger partial charge in [0.1, 0.15) is 0 Å². The molecule has 4 N–H and O–H groups in total. The summed E-state index contributed by atoms with van der Waals surface area (Å²) in [5, 5.41) is 6.32. The van der Waals surface area contributed by atoms with E-state index < -0.39 is 0 Å². The third-order valence-electron chi connectivity index (χ3n) is 4.90. The molecule has 3 aromatic rings. The fourth-order valence-electron chi connectivity index (χ4n) is 3.19. The van der Waals surface area contributed by atoms with Gasteiger partial charge in [-0.2, -0.15) is 0 Å². The van der Waals surface area contributed by atoms with Crippen LogP contribution in [0.5, 0.6) is 0 Å². The van der Waals surface area contributed by atoms with Gasteiger partial charge in [0.25, 0.3) is 5.91 Å². The summed E-state index contributed by atoms with van der Waals surface area (Å²) in [7, 11) is 0. The lowest BCUT2D eigenvalue weighted by Gasteiger charge is -2.10. The molecule has 0 heterocycles. The first-order chi connectivity index (χ1) is 13.2. The first-order valence-corrected chi connectivity index (χ1v) is 9.24. The van der Waals surface area contributed by atoms with Crippen molar-refractivity contribution in [2.24, 2.45) is 5.73 Å². The molecule has 1 amide bonds. The van der Waals surface area contributed by atoms with Crippen LogP contribution in [0.25, 0.3) is 0 Å². The molecule has 0 aliphatic heterocycles. The zero-order valence-corrected chi connectivity index (χ0v) is 16.3. The number of hydrogen-bond donors (Lipinski definition) is 3. The summed E-state index contributed by atoms with van der Waals surface area (Å²) in [5.74, 6) is 0.358. The minimum Gasteiger partial charge on any atom is -0.381 e. The highest BCUT2D eigenvalue weighted by molar-refractivity contribution is 6.04. The van der Waals surface area contributed by atoms with Gasteiger partial charge in [-0.15, -0.1) is 12.4 Å². The van der Waals surface area contributed by atoms with Crippen LogP contribution in [0.3, 0.4) is 0 Å². The molecule has 5 heteroatoms. The van der Waals surface area contributed by atoms with E-state index in [-0.39, 0.29) is 24.4 Å². The first kappa shape index (κ1) is 19.9. The fourth-order valence-corrected chi connectivity index (χ4v) is 3.19. The average molecular weight is 394 g/mol. The topological polar surface area (TPSA) is 67.1 Å². The van der Waals surface area contributed by atoms with E-state index in [0.717, 1.165) is 24.3 Å². The van der Waals surface area contributed by atoms with Gasteiger partial charge < -0.3 is 16.4 Å². The highest BCUT2D eigenvalue weighted by atomic mass is 35.5. The minimum absolute atomic E-state index is 0. The zero-order chi connectivity index (χ0) is 18.6. The normalized spacial score (nSPS) is 17.3. The number of hydrogen-bond acceptors (Lipinski definition) is 3. The van der Waals surface area contributed by atoms with Gasteiger partial charge in [-0.25, -0.2) is 0 Å². The quantitative estimate of drug-likeness (QED) is 0.564. The molecule has 0 saturated heterocycles. The van der Waals surface area contributed by atoms with Gasteiger partial charge in [-0.1, -0.05) is 48.5 Å². The number of anilines is 2. The van der Waals surface area contributed by atoms with Crippen molar-refractivity contribution in [1.82, 2.24) is 0 Å². The van der Waals surface area contributed by atoms with Crippen LogP contribution in [0, 0.1) is 0 Å². The second kappa shape index (κ2) is 8.91. The number of amides is 1. The van der Waals surface area contributed by atoms with E-state index in [1.807, 2.05) is 66.7 Å². The summed E-state index contributed by atoms with van der Waals surface area (Å²) >= 11 is 0. The molecule has 2 unspecified atom stereocenters. The van der Waals surface area contributed by atoms with Crippen molar-refractivity contribution in [3.8, 4) is 0 Å². The van der Waals surface area contributed by atoms with Gasteiger partial charge in [0.2, 0.25) is 0 Å². The van der Waals surface area contributed by atoms with Crippen molar-refractivity contribution in [1.29, 1.82) is 0 Å². The maximum atomic E-state index is 12.6. The van der Waals surface area contributed by atoms with Crippen LogP contribution in [0.4, 0.5) is 11.4 Å². The van der Waals surface area contributed by atoms with Gasteiger partial charge in [-0.05, 0) is 47.9 Å². The Morgan fingerprint density at radius 1 is 0.929 bits per heavy atom. The third-order valence-corrected chi connectivity index (χ3v) is 4.90. The number of nitrogens with two attached hydrogens (primary N) is 1. The van der Waals surface area contributed by atoms with Gasteiger partial charge in [0.15, 0.2) is 0 Å². The summed E-state index contributed by atoms with van der Waals surface area (Å²) in [5.41, 5.74) is 10.7. The van der Waals surface area contributed by atoms with Crippen LogP contribution in [0.2, 0.25) is 0 Å². The second-order valence-electron chi connectivity index (χ2n) is 7.00. The smallest absolute Gasteiger partial charge is 0.255 e. The lowest BCUT2D eigenvalue weighted by Crippen LogP contribution is -2.12. The second-order valence-corrected chi connectivity index (χ2v) is 7.00. The molecule has 0 bridgehead atoms. The molecule has 28 heavy (non-hydrogen) atoms. The van der Waals surface area contributed by atoms with Gasteiger partial charge in [-0.3, -0.25) is 4.79 Å². The highest BCUT2D eigenvalue weighted by Crippen LogP contribution is 2.39. The molecule has 1 fully saturated rings. The molecule has 1 aliphatic carbocycles. The Morgan fingerprint density at radius 2 is 1.64 bits per heavy atom. The number of halogens is 1. The summed E-state index contributed by atoms with van der Waals surface area (Å²) in [4.78, 5) is 12.6. The van der Waals surface area contributed by atoms with Crippen molar-refractivity contribution in [2.75, 3.05) is 10.6 Å². The van der Waals surface area contributed by atoms with Crippen molar-refractivity contribution >= 4 is 29.7 Å². The molecule has 1 aliphatic rings. The number of carbonyl (C=O) groups excluding carboxylic acids is 1. The van der Waals surface area contributed by atoms with Crippen LogP contribution in [0.15, 0.2) is 78.9 Å². The predicted octanol–water partition coefficient (Wildman–Crippen LogP) is 4.79. The standard InChI is InChI=1S/C23H23N3O.ClH/c24-22-14-21(22)17-9-11-19(12-10-17)26-23(27)18-7-4-8-20(13-18)25-15-16-5-2-1-3-6-16;/h1-13,21-22,25H,14-15,24H2,(H,26,27);1H. The van der Waals surface area contributed by atoms with Crippen LogP contribution in [-0.2, 0) is 6.54 Å². The minimum atomic E-state index is -0.116. The molecular weight excluding hydrogens is 370 g/mol. The molecule has 1 saturated carbocycles.